The Hall–Kier alpha value is -4.99. The molecule has 4 saturated carbocycles. The van der Waals surface area contributed by atoms with Gasteiger partial charge in [-0.05, 0) is 116 Å². The second kappa shape index (κ2) is 11.7. The maximum Gasteiger partial charge on any atom is 0.335 e. The number of rotatable bonds is 9. The maximum absolute atomic E-state index is 13.6. The fourth-order valence-corrected chi connectivity index (χ4v) is 8.41. The van der Waals surface area contributed by atoms with Crippen LogP contribution in [0.3, 0.4) is 0 Å². The lowest BCUT2D eigenvalue weighted by atomic mass is 9.48. The van der Waals surface area contributed by atoms with Gasteiger partial charge in [-0.15, -0.1) is 0 Å². The van der Waals surface area contributed by atoms with Crippen LogP contribution < -0.4 is 19.7 Å². The Kier molecular flexibility index (Phi) is 7.58. The standard InChI is InChI=1S/C36H35N3O7/c1-2-45-32-17-22(6-11-31(32)46-21-23-4-3-5-29(15-23)39(43)44)16-30-33(40)37-35(42)38(34(30)41)28-9-7-27(8-10-28)36-18-24-12-25(19-36)14-26(13-24)20-36/h3-11,15-17,24-26H,2,12-14,18-21H2,1H3,(H,37,40,42)/b30-16+. The van der Waals surface area contributed by atoms with Crippen LogP contribution >= 0.6 is 0 Å². The third-order valence-corrected chi connectivity index (χ3v) is 9.97. The van der Waals surface area contributed by atoms with E-state index in [9.17, 15) is 24.5 Å². The molecule has 1 aliphatic heterocycles. The Labute approximate surface area is 266 Å². The lowest BCUT2D eigenvalue weighted by Gasteiger charge is -2.57. The molecule has 1 heterocycles. The summed E-state index contributed by atoms with van der Waals surface area (Å²) in [7, 11) is 0. The Bertz CT molecular complexity index is 1730. The number of benzene rings is 3. The smallest absolute Gasteiger partial charge is 0.335 e. The molecular weight excluding hydrogens is 586 g/mol. The summed E-state index contributed by atoms with van der Waals surface area (Å²) in [6, 6.07) is 18.1. The first kappa shape index (κ1) is 29.7. The number of carbonyl (C=O) groups is 3. The minimum absolute atomic E-state index is 0.0328. The number of amides is 4. The van der Waals surface area contributed by atoms with E-state index in [2.05, 4.69) is 17.4 Å². The van der Waals surface area contributed by atoms with Crippen LogP contribution in [0, 0.1) is 27.9 Å². The van der Waals surface area contributed by atoms with Crippen LogP contribution in [0.4, 0.5) is 16.2 Å². The van der Waals surface area contributed by atoms with Gasteiger partial charge in [-0.3, -0.25) is 25.0 Å². The number of nitrogens with zero attached hydrogens (tertiary/aromatic N) is 2. The molecule has 1 N–H and O–H groups in total. The van der Waals surface area contributed by atoms with Crippen molar-refractivity contribution in [1.82, 2.24) is 5.32 Å². The number of nitrogens with one attached hydrogen (secondary N) is 1. The monoisotopic (exact) mass is 621 g/mol. The average Bonchev–Trinajstić information content (AvgIpc) is 3.02. The average molecular weight is 622 g/mol. The van der Waals surface area contributed by atoms with E-state index in [0.29, 0.717) is 34.9 Å². The molecule has 1 saturated heterocycles. The summed E-state index contributed by atoms with van der Waals surface area (Å²) in [6.45, 7) is 2.21. The first-order valence-corrected chi connectivity index (χ1v) is 15.9. The van der Waals surface area contributed by atoms with Gasteiger partial charge in [0.2, 0.25) is 0 Å². The number of barbiturate groups is 1. The largest absolute Gasteiger partial charge is 0.490 e. The van der Waals surface area contributed by atoms with Crippen molar-refractivity contribution in [3.63, 3.8) is 0 Å². The van der Waals surface area contributed by atoms with Crippen LogP contribution in [-0.4, -0.2) is 29.4 Å². The molecule has 5 aliphatic rings. The van der Waals surface area contributed by atoms with Gasteiger partial charge in [-0.2, -0.15) is 0 Å². The zero-order valence-electron chi connectivity index (χ0n) is 25.6. The molecule has 3 aromatic carbocycles. The number of urea groups is 1. The SMILES string of the molecule is CCOc1cc(/C=C2\C(=O)NC(=O)N(c3ccc(C45CC6CC(CC(C6)C4)C5)cc3)C2=O)ccc1OCc1cccc([N+](=O)[O-])c1. The molecule has 0 radical (unpaired) electrons. The second-order valence-electron chi connectivity index (χ2n) is 13.1. The van der Waals surface area contributed by atoms with E-state index in [4.69, 9.17) is 9.47 Å². The van der Waals surface area contributed by atoms with Crippen LogP contribution in [0.2, 0.25) is 0 Å². The molecule has 0 unspecified atom stereocenters. The van der Waals surface area contributed by atoms with E-state index in [1.807, 2.05) is 19.1 Å². The summed E-state index contributed by atoms with van der Waals surface area (Å²) in [5.41, 5.74) is 2.78. The van der Waals surface area contributed by atoms with Crippen LogP contribution in [0.25, 0.3) is 6.08 Å². The number of non-ortho nitro benzene ring substituents is 1. The van der Waals surface area contributed by atoms with Gasteiger partial charge < -0.3 is 9.47 Å². The van der Waals surface area contributed by atoms with Crippen molar-refractivity contribution < 1.29 is 28.8 Å². The predicted molar refractivity (Wildman–Crippen MR) is 170 cm³/mol. The van der Waals surface area contributed by atoms with Gasteiger partial charge in [0.05, 0.1) is 17.2 Å². The summed E-state index contributed by atoms with van der Waals surface area (Å²) in [6.07, 6.45) is 9.12. The van der Waals surface area contributed by atoms with Crippen LogP contribution in [-0.2, 0) is 21.6 Å². The van der Waals surface area contributed by atoms with E-state index in [1.54, 1.807) is 30.3 Å². The van der Waals surface area contributed by atoms with Crippen molar-refractivity contribution >= 4 is 35.3 Å². The number of imide groups is 2. The third-order valence-electron chi connectivity index (χ3n) is 9.97. The van der Waals surface area contributed by atoms with Crippen molar-refractivity contribution in [1.29, 1.82) is 0 Å². The number of carbonyl (C=O) groups excluding carboxylic acids is 3. The molecule has 4 amide bonds. The lowest BCUT2D eigenvalue weighted by Crippen LogP contribution is -2.54. The number of nitro benzene ring substituents is 1. The van der Waals surface area contributed by atoms with E-state index in [0.717, 1.165) is 22.7 Å². The number of anilines is 1. The van der Waals surface area contributed by atoms with E-state index < -0.39 is 22.8 Å². The minimum Gasteiger partial charge on any atom is -0.490 e. The van der Waals surface area contributed by atoms with E-state index in [-0.39, 0.29) is 23.3 Å². The normalized spacial score (nSPS) is 25.9. The zero-order chi connectivity index (χ0) is 32.0. The van der Waals surface area contributed by atoms with E-state index >= 15 is 0 Å². The van der Waals surface area contributed by atoms with Gasteiger partial charge in [0.15, 0.2) is 11.5 Å². The molecule has 0 aromatic heterocycles. The fourth-order valence-electron chi connectivity index (χ4n) is 8.41. The number of ether oxygens (including phenoxy) is 2. The highest BCUT2D eigenvalue weighted by Crippen LogP contribution is 2.60. The third kappa shape index (κ3) is 5.52. The molecule has 10 heteroatoms. The number of hydrogen-bond donors (Lipinski definition) is 1. The van der Waals surface area contributed by atoms with Gasteiger partial charge in [0.25, 0.3) is 17.5 Å². The summed E-state index contributed by atoms with van der Waals surface area (Å²) >= 11 is 0. The first-order chi connectivity index (χ1) is 22.2. The molecule has 4 aliphatic carbocycles. The lowest BCUT2D eigenvalue weighted by molar-refractivity contribution is -0.384. The van der Waals surface area contributed by atoms with Crippen LogP contribution in [0.15, 0.2) is 72.3 Å². The molecule has 10 nitrogen and oxygen atoms in total. The van der Waals surface area contributed by atoms with Crippen LogP contribution in [0.1, 0.15) is 62.1 Å². The van der Waals surface area contributed by atoms with Crippen molar-refractivity contribution in [2.45, 2.75) is 57.5 Å². The van der Waals surface area contributed by atoms with Crippen LogP contribution in [0.5, 0.6) is 11.5 Å². The summed E-state index contributed by atoms with van der Waals surface area (Å²) in [5.74, 6) is 1.69. The minimum atomic E-state index is -0.783. The Balaban J connectivity index is 1.11. The number of hydrogen-bond acceptors (Lipinski definition) is 7. The van der Waals surface area contributed by atoms with Gasteiger partial charge in [-0.1, -0.05) is 30.3 Å². The predicted octanol–water partition coefficient (Wildman–Crippen LogP) is 6.71. The molecule has 8 rings (SSSR count). The molecule has 0 atom stereocenters. The molecular formula is C36H35N3O7. The summed E-state index contributed by atoms with van der Waals surface area (Å²) in [5, 5.41) is 13.4. The van der Waals surface area contributed by atoms with Crippen molar-refractivity contribution in [3.05, 3.63) is 99.1 Å². The zero-order valence-corrected chi connectivity index (χ0v) is 25.6. The second-order valence-corrected chi connectivity index (χ2v) is 13.1. The highest BCUT2D eigenvalue weighted by molar-refractivity contribution is 6.39. The first-order valence-electron chi connectivity index (χ1n) is 15.9. The maximum atomic E-state index is 13.6. The molecule has 236 valence electrons. The topological polar surface area (TPSA) is 128 Å². The number of nitro groups is 1. The molecule has 5 fully saturated rings. The van der Waals surface area contributed by atoms with Gasteiger partial charge in [0, 0.05) is 12.1 Å². The summed E-state index contributed by atoms with van der Waals surface area (Å²) in [4.78, 5) is 51.1. The van der Waals surface area contributed by atoms with Gasteiger partial charge in [-0.25, -0.2) is 9.69 Å². The van der Waals surface area contributed by atoms with Crippen molar-refractivity contribution in [3.8, 4) is 11.5 Å². The van der Waals surface area contributed by atoms with Gasteiger partial charge >= 0.3 is 6.03 Å². The molecule has 3 aromatic rings. The fraction of sp³-hybridized carbons (Fsp3) is 0.361. The molecule has 46 heavy (non-hydrogen) atoms. The van der Waals surface area contributed by atoms with Gasteiger partial charge in [0.1, 0.15) is 12.2 Å². The Morgan fingerprint density at radius 3 is 2.26 bits per heavy atom. The molecule has 0 spiro atoms. The quantitative estimate of drug-likeness (QED) is 0.122. The van der Waals surface area contributed by atoms with Crippen molar-refractivity contribution in [2.75, 3.05) is 11.5 Å². The summed E-state index contributed by atoms with van der Waals surface area (Å²) < 4.78 is 11.7. The van der Waals surface area contributed by atoms with Crippen molar-refractivity contribution in [2.24, 2.45) is 17.8 Å². The Morgan fingerprint density at radius 2 is 1.61 bits per heavy atom. The highest BCUT2D eigenvalue weighted by Gasteiger charge is 2.51. The van der Waals surface area contributed by atoms with E-state index in [1.165, 1.54) is 62.3 Å². The highest BCUT2D eigenvalue weighted by atomic mass is 16.6. The molecule has 4 bridgehead atoms. The Morgan fingerprint density at radius 1 is 0.913 bits per heavy atom.